The summed E-state index contributed by atoms with van der Waals surface area (Å²) in [6.45, 7) is 0.0291. The third-order valence-corrected chi connectivity index (χ3v) is 5.86. The number of alkyl halides is 3. The number of sulfone groups is 1. The molecule has 0 aliphatic rings. The SMILES string of the molecule is O=C(Cc1ccc(OC/C=C/S(=O)(=O)c2ccccc2)cc1)Oc1ccc(C(F)(F)F)cc1. The molecule has 0 aliphatic heterocycles. The van der Waals surface area contributed by atoms with E-state index in [4.69, 9.17) is 9.47 Å². The number of rotatable bonds is 8. The van der Waals surface area contributed by atoms with Crippen molar-refractivity contribution in [3.05, 3.63) is 101 Å². The van der Waals surface area contributed by atoms with Crippen molar-refractivity contribution in [2.45, 2.75) is 17.5 Å². The van der Waals surface area contributed by atoms with Crippen LogP contribution in [0.5, 0.6) is 11.5 Å². The molecular weight excluding hydrogens is 457 g/mol. The van der Waals surface area contributed by atoms with Crippen molar-refractivity contribution in [3.8, 4) is 11.5 Å². The van der Waals surface area contributed by atoms with Crippen LogP contribution in [0.2, 0.25) is 0 Å². The number of esters is 1. The molecule has 0 saturated heterocycles. The molecule has 0 heterocycles. The van der Waals surface area contributed by atoms with Crippen LogP contribution in [-0.2, 0) is 27.2 Å². The molecule has 33 heavy (non-hydrogen) atoms. The minimum atomic E-state index is -4.46. The van der Waals surface area contributed by atoms with Gasteiger partial charge in [-0.25, -0.2) is 8.42 Å². The van der Waals surface area contributed by atoms with E-state index in [1.54, 1.807) is 42.5 Å². The highest BCUT2D eigenvalue weighted by atomic mass is 32.2. The summed E-state index contributed by atoms with van der Waals surface area (Å²) in [4.78, 5) is 12.2. The Hall–Kier alpha value is -3.59. The van der Waals surface area contributed by atoms with Gasteiger partial charge in [0.05, 0.1) is 16.9 Å². The lowest BCUT2D eigenvalue weighted by Gasteiger charge is -2.08. The number of hydrogen-bond acceptors (Lipinski definition) is 5. The van der Waals surface area contributed by atoms with Gasteiger partial charge >= 0.3 is 12.1 Å². The van der Waals surface area contributed by atoms with Crippen molar-refractivity contribution >= 4 is 15.8 Å². The van der Waals surface area contributed by atoms with E-state index in [1.165, 1.54) is 18.2 Å². The lowest BCUT2D eigenvalue weighted by atomic mass is 10.1. The van der Waals surface area contributed by atoms with Gasteiger partial charge < -0.3 is 9.47 Å². The molecule has 3 rings (SSSR count). The summed E-state index contributed by atoms with van der Waals surface area (Å²) in [5.41, 5.74) is -0.216. The van der Waals surface area contributed by atoms with Crippen LogP contribution in [0.3, 0.4) is 0 Å². The summed E-state index contributed by atoms with van der Waals surface area (Å²) < 4.78 is 72.5. The zero-order chi connectivity index (χ0) is 23.9. The minimum absolute atomic E-state index is 0.0187. The van der Waals surface area contributed by atoms with Gasteiger partial charge in [-0.2, -0.15) is 13.2 Å². The lowest BCUT2D eigenvalue weighted by molar-refractivity contribution is -0.137. The molecule has 0 saturated carbocycles. The molecule has 0 aliphatic carbocycles. The van der Waals surface area contributed by atoms with Gasteiger partial charge in [0.1, 0.15) is 18.1 Å². The summed E-state index contributed by atoms with van der Waals surface area (Å²) in [5, 5.41) is 1.08. The van der Waals surface area contributed by atoms with Crippen LogP contribution in [-0.4, -0.2) is 21.0 Å². The second-order valence-electron chi connectivity index (χ2n) is 6.86. The second kappa shape index (κ2) is 10.4. The van der Waals surface area contributed by atoms with Crippen LogP contribution in [0.25, 0.3) is 0 Å². The molecule has 3 aromatic carbocycles. The molecule has 0 amide bonds. The number of hydrogen-bond donors (Lipinski definition) is 0. The van der Waals surface area contributed by atoms with Gasteiger partial charge in [-0.3, -0.25) is 4.79 Å². The molecule has 0 N–H and O–H groups in total. The highest BCUT2D eigenvalue weighted by Gasteiger charge is 2.30. The fourth-order valence-electron chi connectivity index (χ4n) is 2.75. The Morgan fingerprint density at radius 2 is 1.45 bits per heavy atom. The lowest BCUT2D eigenvalue weighted by Crippen LogP contribution is -2.11. The van der Waals surface area contributed by atoms with Gasteiger partial charge in [0, 0.05) is 5.41 Å². The number of benzene rings is 3. The van der Waals surface area contributed by atoms with Gasteiger partial charge in [-0.15, -0.1) is 0 Å². The molecule has 3 aromatic rings. The zero-order valence-corrected chi connectivity index (χ0v) is 18.0. The zero-order valence-electron chi connectivity index (χ0n) is 17.2. The van der Waals surface area contributed by atoms with E-state index >= 15 is 0 Å². The van der Waals surface area contributed by atoms with E-state index in [9.17, 15) is 26.4 Å². The summed E-state index contributed by atoms with van der Waals surface area (Å²) >= 11 is 0. The topological polar surface area (TPSA) is 69.7 Å². The van der Waals surface area contributed by atoms with E-state index in [-0.39, 0.29) is 23.7 Å². The average molecular weight is 476 g/mol. The highest BCUT2D eigenvalue weighted by Crippen LogP contribution is 2.30. The fourth-order valence-corrected chi connectivity index (χ4v) is 3.77. The Morgan fingerprint density at radius 3 is 2.06 bits per heavy atom. The Morgan fingerprint density at radius 1 is 0.848 bits per heavy atom. The average Bonchev–Trinajstić information content (AvgIpc) is 2.78. The van der Waals surface area contributed by atoms with Gasteiger partial charge in [0.2, 0.25) is 0 Å². The molecule has 0 unspecified atom stereocenters. The predicted molar refractivity (Wildman–Crippen MR) is 115 cm³/mol. The van der Waals surface area contributed by atoms with E-state index < -0.39 is 27.5 Å². The first-order chi connectivity index (χ1) is 15.6. The third-order valence-electron chi connectivity index (χ3n) is 4.38. The molecule has 0 bridgehead atoms. The van der Waals surface area contributed by atoms with Crippen molar-refractivity contribution in [2.75, 3.05) is 6.61 Å². The van der Waals surface area contributed by atoms with Gasteiger partial charge in [0.15, 0.2) is 9.84 Å². The second-order valence-corrected chi connectivity index (χ2v) is 8.69. The molecule has 172 valence electrons. The van der Waals surface area contributed by atoms with Crippen LogP contribution >= 0.6 is 0 Å². The first kappa shape index (κ1) is 24.1. The molecule has 0 aromatic heterocycles. The minimum Gasteiger partial charge on any atom is -0.490 e. The normalized spacial score (nSPS) is 12.0. The van der Waals surface area contributed by atoms with Crippen LogP contribution < -0.4 is 9.47 Å². The Balaban J connectivity index is 1.48. The number of carbonyl (C=O) groups excluding carboxylic acids is 1. The molecule has 0 radical (unpaired) electrons. The summed E-state index contributed by atoms with van der Waals surface area (Å²) in [6.07, 6.45) is -3.16. The van der Waals surface area contributed by atoms with E-state index in [2.05, 4.69) is 0 Å². The van der Waals surface area contributed by atoms with Gasteiger partial charge in [-0.05, 0) is 60.2 Å². The Kier molecular flexibility index (Phi) is 7.55. The number of ether oxygens (including phenoxy) is 2. The van der Waals surface area contributed by atoms with E-state index in [0.717, 1.165) is 29.7 Å². The van der Waals surface area contributed by atoms with Gasteiger partial charge in [-0.1, -0.05) is 30.3 Å². The standard InChI is InChI=1S/C24H19F3O5S/c25-24(26,27)19-9-13-21(14-10-19)32-23(28)17-18-7-11-20(12-8-18)31-15-4-16-33(29,30)22-5-2-1-3-6-22/h1-14,16H,15,17H2/b16-4+. The molecule has 5 nitrogen and oxygen atoms in total. The van der Waals surface area contributed by atoms with Crippen LogP contribution in [0.1, 0.15) is 11.1 Å². The number of halogens is 3. The third kappa shape index (κ3) is 7.21. The molecule has 0 atom stereocenters. The van der Waals surface area contributed by atoms with Gasteiger partial charge in [0.25, 0.3) is 0 Å². The fraction of sp³-hybridized carbons (Fsp3) is 0.125. The van der Waals surface area contributed by atoms with E-state index in [0.29, 0.717) is 11.3 Å². The largest absolute Gasteiger partial charge is 0.490 e. The highest BCUT2D eigenvalue weighted by molar-refractivity contribution is 7.94. The predicted octanol–water partition coefficient (Wildman–Crippen LogP) is 5.22. The molecule has 9 heteroatoms. The smallest absolute Gasteiger partial charge is 0.416 e. The van der Waals surface area contributed by atoms with Crippen LogP contribution in [0.4, 0.5) is 13.2 Å². The van der Waals surface area contributed by atoms with Crippen molar-refractivity contribution in [1.82, 2.24) is 0 Å². The Labute approximate surface area is 189 Å². The first-order valence-corrected chi connectivity index (χ1v) is 11.2. The molecule has 0 spiro atoms. The molecular formula is C24H19F3O5S. The number of carbonyl (C=O) groups is 1. The van der Waals surface area contributed by atoms with Crippen LogP contribution in [0, 0.1) is 0 Å². The summed E-state index contributed by atoms with van der Waals surface area (Å²) in [7, 11) is -3.54. The maximum atomic E-state index is 12.6. The maximum absolute atomic E-state index is 12.6. The summed E-state index contributed by atoms with van der Waals surface area (Å²) in [6, 6.07) is 18.3. The quantitative estimate of drug-likeness (QED) is 0.329. The van der Waals surface area contributed by atoms with Crippen LogP contribution in [0.15, 0.2) is 95.2 Å². The maximum Gasteiger partial charge on any atom is 0.416 e. The van der Waals surface area contributed by atoms with Crippen molar-refractivity contribution in [1.29, 1.82) is 0 Å². The van der Waals surface area contributed by atoms with E-state index in [1.807, 2.05) is 0 Å². The first-order valence-electron chi connectivity index (χ1n) is 9.70. The Bertz CT molecular complexity index is 1200. The monoisotopic (exact) mass is 476 g/mol. The van der Waals surface area contributed by atoms with Crippen molar-refractivity contribution in [3.63, 3.8) is 0 Å². The summed E-state index contributed by atoms with van der Waals surface area (Å²) in [5.74, 6) is -0.140. The molecule has 0 fully saturated rings. The van der Waals surface area contributed by atoms with Crippen molar-refractivity contribution < 1.29 is 35.9 Å². The van der Waals surface area contributed by atoms with Crippen molar-refractivity contribution in [2.24, 2.45) is 0 Å².